The van der Waals surface area contributed by atoms with Gasteiger partial charge in [0.2, 0.25) is 5.91 Å². The number of amides is 1. The van der Waals surface area contributed by atoms with Crippen molar-refractivity contribution in [2.45, 2.75) is 26.4 Å². The molecule has 0 spiro atoms. The van der Waals surface area contributed by atoms with Crippen molar-refractivity contribution in [2.75, 3.05) is 31.6 Å². The zero-order chi connectivity index (χ0) is 17.6. The molecular weight excluding hydrogens is 338 g/mol. The molecule has 1 aliphatic rings. The number of ether oxygens (including phenoxy) is 1. The van der Waals surface area contributed by atoms with Crippen LogP contribution in [0.25, 0.3) is 0 Å². The Kier molecular flexibility index (Phi) is 6.01. The summed E-state index contributed by atoms with van der Waals surface area (Å²) in [7, 11) is 0. The van der Waals surface area contributed by atoms with Gasteiger partial charge in [0.25, 0.3) is 0 Å². The Bertz CT molecular complexity index is 761. The molecule has 1 saturated heterocycles. The highest BCUT2D eigenvalue weighted by molar-refractivity contribution is 7.07. The van der Waals surface area contributed by atoms with Crippen molar-refractivity contribution in [3.63, 3.8) is 0 Å². The lowest BCUT2D eigenvalue weighted by molar-refractivity contribution is -0.116. The summed E-state index contributed by atoms with van der Waals surface area (Å²) in [5.41, 5.74) is 2.90. The van der Waals surface area contributed by atoms with Crippen LogP contribution in [0.1, 0.15) is 17.7 Å². The van der Waals surface area contributed by atoms with Gasteiger partial charge in [0.1, 0.15) is 0 Å². The van der Waals surface area contributed by atoms with Gasteiger partial charge in [-0.1, -0.05) is 23.5 Å². The molecule has 2 heterocycles. The SMILES string of the molecule is Cc1csc(=O)n1CCC(=O)Nc1ccc(CN2CCOCC2)cc1. The highest BCUT2D eigenvalue weighted by atomic mass is 32.1. The number of hydrogen-bond donors (Lipinski definition) is 1. The van der Waals surface area contributed by atoms with Crippen molar-refractivity contribution >= 4 is 22.9 Å². The molecule has 25 heavy (non-hydrogen) atoms. The Balaban J connectivity index is 1.49. The first-order valence-electron chi connectivity index (χ1n) is 8.45. The molecule has 134 valence electrons. The topological polar surface area (TPSA) is 63.6 Å². The van der Waals surface area contributed by atoms with Crippen molar-refractivity contribution in [3.05, 3.63) is 50.6 Å². The number of thiazole rings is 1. The lowest BCUT2D eigenvalue weighted by Crippen LogP contribution is -2.35. The van der Waals surface area contributed by atoms with Crippen LogP contribution in [0.5, 0.6) is 0 Å². The van der Waals surface area contributed by atoms with E-state index in [-0.39, 0.29) is 17.2 Å². The van der Waals surface area contributed by atoms with Crippen molar-refractivity contribution in [1.82, 2.24) is 9.47 Å². The lowest BCUT2D eigenvalue weighted by Gasteiger charge is -2.26. The Morgan fingerprint density at radius 1 is 1.24 bits per heavy atom. The smallest absolute Gasteiger partial charge is 0.307 e. The van der Waals surface area contributed by atoms with Crippen LogP contribution in [0.2, 0.25) is 0 Å². The maximum absolute atomic E-state index is 12.1. The first kappa shape index (κ1) is 17.8. The summed E-state index contributed by atoms with van der Waals surface area (Å²) in [5, 5.41) is 4.70. The minimum Gasteiger partial charge on any atom is -0.379 e. The van der Waals surface area contributed by atoms with Crippen LogP contribution in [-0.2, 0) is 22.6 Å². The zero-order valence-corrected chi connectivity index (χ0v) is 15.2. The third-order valence-electron chi connectivity index (χ3n) is 4.29. The number of carbonyl (C=O) groups excluding carboxylic acids is 1. The van der Waals surface area contributed by atoms with Gasteiger partial charge < -0.3 is 14.6 Å². The number of benzene rings is 1. The largest absolute Gasteiger partial charge is 0.379 e. The summed E-state index contributed by atoms with van der Waals surface area (Å²) >= 11 is 1.17. The Morgan fingerprint density at radius 3 is 2.60 bits per heavy atom. The number of anilines is 1. The molecule has 0 unspecified atom stereocenters. The number of hydrogen-bond acceptors (Lipinski definition) is 5. The van der Waals surface area contributed by atoms with Crippen molar-refractivity contribution in [3.8, 4) is 0 Å². The molecule has 0 bridgehead atoms. The van der Waals surface area contributed by atoms with E-state index in [4.69, 9.17) is 4.74 Å². The van der Waals surface area contributed by atoms with Crippen LogP contribution in [-0.4, -0.2) is 41.7 Å². The molecule has 0 atom stereocenters. The second-order valence-corrected chi connectivity index (χ2v) is 7.00. The second kappa shape index (κ2) is 8.42. The van der Waals surface area contributed by atoms with E-state index in [1.807, 2.05) is 36.6 Å². The average molecular weight is 361 g/mol. The Labute approximate surface area is 151 Å². The molecule has 0 radical (unpaired) electrons. The lowest BCUT2D eigenvalue weighted by atomic mass is 10.2. The molecule has 1 N–H and O–H groups in total. The molecule has 0 saturated carbocycles. The van der Waals surface area contributed by atoms with Crippen LogP contribution in [0.15, 0.2) is 34.4 Å². The molecule has 3 rings (SSSR count). The molecule has 0 aliphatic carbocycles. The molecular formula is C18H23N3O3S. The Hall–Kier alpha value is -1.96. The highest BCUT2D eigenvalue weighted by Gasteiger charge is 2.11. The van der Waals surface area contributed by atoms with Gasteiger partial charge in [-0.05, 0) is 24.6 Å². The molecule has 1 aromatic carbocycles. The van der Waals surface area contributed by atoms with Gasteiger partial charge in [0, 0.05) is 49.4 Å². The number of aromatic nitrogens is 1. The van der Waals surface area contributed by atoms with Crippen LogP contribution in [0.4, 0.5) is 5.69 Å². The molecule has 2 aromatic rings. The van der Waals surface area contributed by atoms with Gasteiger partial charge in [-0.3, -0.25) is 14.5 Å². The van der Waals surface area contributed by atoms with Gasteiger partial charge in [0.05, 0.1) is 13.2 Å². The van der Waals surface area contributed by atoms with E-state index >= 15 is 0 Å². The van der Waals surface area contributed by atoms with Crippen LogP contribution >= 0.6 is 11.3 Å². The van der Waals surface area contributed by atoms with Gasteiger partial charge in [-0.2, -0.15) is 0 Å². The summed E-state index contributed by atoms with van der Waals surface area (Å²) < 4.78 is 6.99. The van der Waals surface area contributed by atoms with Crippen molar-refractivity contribution in [2.24, 2.45) is 0 Å². The number of nitrogens with one attached hydrogen (secondary N) is 1. The van der Waals surface area contributed by atoms with E-state index in [2.05, 4.69) is 10.2 Å². The molecule has 6 nitrogen and oxygen atoms in total. The Morgan fingerprint density at radius 2 is 1.96 bits per heavy atom. The third kappa shape index (κ3) is 5.01. The van der Waals surface area contributed by atoms with Gasteiger partial charge >= 0.3 is 4.87 Å². The summed E-state index contributed by atoms with van der Waals surface area (Å²) in [6, 6.07) is 7.93. The van der Waals surface area contributed by atoms with Crippen molar-refractivity contribution < 1.29 is 9.53 Å². The predicted octanol–water partition coefficient (Wildman–Crippen LogP) is 2.08. The average Bonchev–Trinajstić information content (AvgIpc) is 2.94. The van der Waals surface area contributed by atoms with Crippen molar-refractivity contribution in [1.29, 1.82) is 0 Å². The summed E-state index contributed by atoms with van der Waals surface area (Å²) in [6.07, 6.45) is 0.285. The summed E-state index contributed by atoms with van der Waals surface area (Å²) in [5.74, 6) is -0.0848. The van der Waals surface area contributed by atoms with Gasteiger partial charge in [0.15, 0.2) is 0 Å². The van der Waals surface area contributed by atoms with Crippen LogP contribution < -0.4 is 10.2 Å². The zero-order valence-electron chi connectivity index (χ0n) is 14.4. The number of nitrogens with zero attached hydrogens (tertiary/aromatic N) is 2. The summed E-state index contributed by atoms with van der Waals surface area (Å²) in [4.78, 5) is 26.1. The van der Waals surface area contributed by atoms with Gasteiger partial charge in [-0.15, -0.1) is 0 Å². The predicted molar refractivity (Wildman–Crippen MR) is 99.1 cm³/mol. The number of morpholine rings is 1. The third-order valence-corrected chi connectivity index (χ3v) is 5.17. The number of aryl methyl sites for hydroxylation is 1. The van der Waals surface area contributed by atoms with E-state index in [0.717, 1.165) is 44.2 Å². The minimum atomic E-state index is -0.0848. The molecule has 1 amide bonds. The molecule has 1 aliphatic heterocycles. The van der Waals surface area contributed by atoms with Crippen LogP contribution in [0.3, 0.4) is 0 Å². The number of rotatable bonds is 6. The quantitative estimate of drug-likeness (QED) is 0.856. The summed E-state index contributed by atoms with van der Waals surface area (Å²) in [6.45, 7) is 6.69. The van der Waals surface area contributed by atoms with Crippen LogP contribution in [0, 0.1) is 6.92 Å². The fourth-order valence-corrected chi connectivity index (χ4v) is 3.58. The fourth-order valence-electron chi connectivity index (χ4n) is 2.82. The van der Waals surface area contributed by atoms with E-state index < -0.39 is 0 Å². The first-order valence-corrected chi connectivity index (χ1v) is 9.33. The minimum absolute atomic E-state index is 0.0160. The maximum atomic E-state index is 12.1. The fraction of sp³-hybridized carbons (Fsp3) is 0.444. The first-order chi connectivity index (χ1) is 12.1. The molecule has 1 aromatic heterocycles. The normalized spacial score (nSPS) is 15.2. The standard InChI is InChI=1S/C18H23N3O3S/c1-14-13-25-18(23)21(14)7-6-17(22)19-16-4-2-15(3-5-16)12-20-8-10-24-11-9-20/h2-5,13H,6-12H2,1H3,(H,19,22). The van der Waals surface area contributed by atoms with E-state index in [1.165, 1.54) is 16.9 Å². The maximum Gasteiger partial charge on any atom is 0.307 e. The molecule has 7 heteroatoms. The second-order valence-electron chi connectivity index (χ2n) is 6.18. The monoisotopic (exact) mass is 361 g/mol. The van der Waals surface area contributed by atoms with Gasteiger partial charge in [-0.25, -0.2) is 0 Å². The number of carbonyl (C=O) groups is 1. The van der Waals surface area contributed by atoms with E-state index in [9.17, 15) is 9.59 Å². The molecule has 1 fully saturated rings. The van der Waals surface area contributed by atoms with E-state index in [1.54, 1.807) is 4.57 Å². The highest BCUT2D eigenvalue weighted by Crippen LogP contribution is 2.13. The van der Waals surface area contributed by atoms with E-state index in [0.29, 0.717) is 6.54 Å².